The first-order valence-corrected chi connectivity index (χ1v) is 8.17. The normalized spacial score (nSPS) is 19.3. The van der Waals surface area contributed by atoms with Gasteiger partial charge >= 0.3 is 0 Å². The largest absolute Gasteiger partial charge is 0.493 e. The van der Waals surface area contributed by atoms with Crippen LogP contribution in [-0.4, -0.2) is 55.2 Å². The van der Waals surface area contributed by atoms with Gasteiger partial charge in [0.05, 0.1) is 6.61 Å². The molecule has 1 heterocycles. The molecule has 0 spiro atoms. The van der Waals surface area contributed by atoms with Gasteiger partial charge in [0.1, 0.15) is 5.75 Å². The van der Waals surface area contributed by atoms with E-state index >= 15 is 0 Å². The van der Waals surface area contributed by atoms with Crippen molar-refractivity contribution < 1.29 is 4.74 Å². The van der Waals surface area contributed by atoms with Crippen molar-refractivity contribution in [2.75, 3.05) is 45.1 Å². The Hall–Kier alpha value is -1.26. The summed E-state index contributed by atoms with van der Waals surface area (Å²) in [6, 6.07) is 8.40. The zero-order chi connectivity index (χ0) is 15.1. The van der Waals surface area contributed by atoms with Crippen LogP contribution in [0, 0.1) is 0 Å². The van der Waals surface area contributed by atoms with Crippen molar-refractivity contribution in [2.45, 2.75) is 32.7 Å². The number of likely N-dealkylation sites (tertiary alicyclic amines) is 1. The summed E-state index contributed by atoms with van der Waals surface area (Å²) >= 11 is 0. The van der Waals surface area contributed by atoms with Crippen molar-refractivity contribution in [1.29, 1.82) is 0 Å². The predicted octanol–water partition coefficient (Wildman–Crippen LogP) is 2.45. The van der Waals surface area contributed by atoms with Gasteiger partial charge in [-0.25, -0.2) is 0 Å². The van der Waals surface area contributed by atoms with Crippen molar-refractivity contribution in [2.24, 2.45) is 0 Å². The van der Waals surface area contributed by atoms with Crippen LogP contribution in [0.3, 0.4) is 0 Å². The molecule has 1 aromatic rings. The second-order valence-corrected chi connectivity index (χ2v) is 5.74. The second-order valence-electron chi connectivity index (χ2n) is 5.74. The van der Waals surface area contributed by atoms with Gasteiger partial charge in [0.15, 0.2) is 0 Å². The minimum absolute atomic E-state index is 0.745. The Morgan fingerprint density at radius 1 is 1.33 bits per heavy atom. The molecular formula is C17H29N3O. The molecule has 4 nitrogen and oxygen atoms in total. The number of hydrogen-bond donors (Lipinski definition) is 1. The van der Waals surface area contributed by atoms with E-state index in [4.69, 9.17) is 10.5 Å². The van der Waals surface area contributed by atoms with Crippen LogP contribution in [0.1, 0.15) is 26.7 Å². The third-order valence-corrected chi connectivity index (χ3v) is 4.32. The fraction of sp³-hybridized carbons (Fsp3) is 0.647. The topological polar surface area (TPSA) is 41.7 Å². The van der Waals surface area contributed by atoms with Crippen LogP contribution in [0.15, 0.2) is 24.3 Å². The minimum atomic E-state index is 0.745. The number of benzene rings is 1. The molecule has 2 rings (SSSR count). The predicted molar refractivity (Wildman–Crippen MR) is 88.7 cm³/mol. The highest BCUT2D eigenvalue weighted by atomic mass is 16.5. The molecule has 0 aliphatic carbocycles. The maximum atomic E-state index is 5.75. The van der Waals surface area contributed by atoms with Gasteiger partial charge in [0, 0.05) is 30.9 Å². The average Bonchev–Trinajstić information content (AvgIpc) is 2.94. The Bertz CT molecular complexity index is 420. The number of nitrogen functional groups attached to an aromatic ring is 1. The van der Waals surface area contributed by atoms with Crippen LogP contribution >= 0.6 is 0 Å². The number of hydrogen-bond acceptors (Lipinski definition) is 4. The molecule has 1 aliphatic heterocycles. The van der Waals surface area contributed by atoms with Gasteiger partial charge in [-0.05, 0) is 44.6 Å². The molecule has 0 bridgehead atoms. The van der Waals surface area contributed by atoms with Gasteiger partial charge in [0.2, 0.25) is 0 Å². The molecule has 0 radical (unpaired) electrons. The third kappa shape index (κ3) is 4.90. The van der Waals surface area contributed by atoms with E-state index in [0.29, 0.717) is 0 Å². The summed E-state index contributed by atoms with van der Waals surface area (Å²) in [5, 5.41) is 0. The van der Waals surface area contributed by atoms with E-state index in [2.05, 4.69) is 23.6 Å². The fourth-order valence-electron chi connectivity index (χ4n) is 3.14. The number of rotatable bonds is 8. The molecule has 0 saturated carbocycles. The van der Waals surface area contributed by atoms with E-state index in [9.17, 15) is 0 Å². The van der Waals surface area contributed by atoms with Crippen LogP contribution in [0.5, 0.6) is 5.75 Å². The zero-order valence-electron chi connectivity index (χ0n) is 13.4. The lowest BCUT2D eigenvalue weighted by Gasteiger charge is -2.26. The first-order valence-electron chi connectivity index (χ1n) is 8.17. The van der Waals surface area contributed by atoms with Gasteiger partial charge in [-0.2, -0.15) is 0 Å². The highest BCUT2D eigenvalue weighted by Gasteiger charge is 2.25. The minimum Gasteiger partial charge on any atom is -0.493 e. The molecule has 21 heavy (non-hydrogen) atoms. The Morgan fingerprint density at radius 3 is 2.86 bits per heavy atom. The summed E-state index contributed by atoms with van der Waals surface area (Å²) < 4.78 is 5.75. The molecule has 1 aliphatic rings. The number of likely N-dealkylation sites (N-methyl/N-ethyl adjacent to an activating group) is 1. The van der Waals surface area contributed by atoms with Crippen LogP contribution in [0.4, 0.5) is 5.69 Å². The Morgan fingerprint density at radius 2 is 2.14 bits per heavy atom. The molecule has 0 aromatic heterocycles. The first-order chi connectivity index (χ1) is 10.2. The molecule has 2 N–H and O–H groups in total. The fourth-order valence-corrected chi connectivity index (χ4v) is 3.14. The van der Waals surface area contributed by atoms with Crippen molar-refractivity contribution in [1.82, 2.24) is 9.80 Å². The number of anilines is 1. The van der Waals surface area contributed by atoms with E-state index in [1.807, 2.05) is 24.3 Å². The van der Waals surface area contributed by atoms with Crippen molar-refractivity contribution in [3.63, 3.8) is 0 Å². The summed E-state index contributed by atoms with van der Waals surface area (Å²) in [4.78, 5) is 5.13. The Kier molecular flexibility index (Phi) is 6.33. The molecule has 1 aromatic carbocycles. The lowest BCUT2D eigenvalue weighted by Crippen LogP contribution is -2.37. The summed E-state index contributed by atoms with van der Waals surface area (Å²) in [7, 11) is 0. The highest BCUT2D eigenvalue weighted by Crippen LogP contribution is 2.17. The molecule has 1 unspecified atom stereocenters. The van der Waals surface area contributed by atoms with Gasteiger partial charge in [-0.3, -0.25) is 4.90 Å². The van der Waals surface area contributed by atoms with Crippen molar-refractivity contribution in [3.05, 3.63) is 24.3 Å². The monoisotopic (exact) mass is 291 g/mol. The molecule has 1 saturated heterocycles. The van der Waals surface area contributed by atoms with E-state index in [1.165, 1.54) is 19.5 Å². The lowest BCUT2D eigenvalue weighted by molar-refractivity contribution is 0.205. The van der Waals surface area contributed by atoms with Crippen LogP contribution in [0.25, 0.3) is 0 Å². The number of nitrogens with two attached hydrogens (primary N) is 1. The highest BCUT2D eigenvalue weighted by molar-refractivity contribution is 5.43. The van der Waals surface area contributed by atoms with Crippen molar-refractivity contribution in [3.8, 4) is 5.75 Å². The SMILES string of the molecule is CCN(CC)C1CCN(CCCOc2cccc(N)c2)C1. The van der Waals surface area contributed by atoms with E-state index < -0.39 is 0 Å². The zero-order valence-corrected chi connectivity index (χ0v) is 13.4. The standard InChI is InChI=1S/C17H29N3O/c1-3-20(4-2)16-9-11-19(14-16)10-6-12-21-17-8-5-7-15(18)13-17/h5,7-8,13,16H,3-4,6,9-12,14,18H2,1-2H3. The average molecular weight is 291 g/mol. The Balaban J connectivity index is 1.64. The van der Waals surface area contributed by atoms with Gasteiger partial charge < -0.3 is 15.4 Å². The molecular weight excluding hydrogens is 262 g/mol. The van der Waals surface area contributed by atoms with E-state index in [0.717, 1.165) is 50.1 Å². The Labute approximate surface area is 128 Å². The molecule has 4 heteroatoms. The molecule has 1 fully saturated rings. The first kappa shape index (κ1) is 16.1. The smallest absolute Gasteiger partial charge is 0.121 e. The van der Waals surface area contributed by atoms with Gasteiger partial charge in [-0.15, -0.1) is 0 Å². The maximum absolute atomic E-state index is 5.75. The maximum Gasteiger partial charge on any atom is 0.121 e. The quantitative estimate of drug-likeness (QED) is 0.590. The summed E-state index contributed by atoms with van der Waals surface area (Å²) in [5.41, 5.74) is 6.50. The van der Waals surface area contributed by atoms with Crippen LogP contribution in [0.2, 0.25) is 0 Å². The third-order valence-electron chi connectivity index (χ3n) is 4.32. The lowest BCUT2D eigenvalue weighted by atomic mass is 10.2. The second kappa shape index (κ2) is 8.25. The van der Waals surface area contributed by atoms with Crippen molar-refractivity contribution >= 4 is 5.69 Å². The molecule has 118 valence electrons. The van der Waals surface area contributed by atoms with Gasteiger partial charge in [0.25, 0.3) is 0 Å². The summed E-state index contributed by atoms with van der Waals surface area (Å²) in [5.74, 6) is 0.873. The number of ether oxygens (including phenoxy) is 1. The van der Waals surface area contributed by atoms with E-state index in [1.54, 1.807) is 0 Å². The molecule has 1 atom stereocenters. The molecule has 0 amide bonds. The summed E-state index contributed by atoms with van der Waals surface area (Å²) in [6.07, 6.45) is 2.37. The van der Waals surface area contributed by atoms with Gasteiger partial charge in [-0.1, -0.05) is 19.9 Å². The van der Waals surface area contributed by atoms with E-state index in [-0.39, 0.29) is 0 Å². The van der Waals surface area contributed by atoms with Crippen LogP contribution in [-0.2, 0) is 0 Å². The van der Waals surface area contributed by atoms with Crippen LogP contribution < -0.4 is 10.5 Å². The number of nitrogens with zero attached hydrogens (tertiary/aromatic N) is 2. The summed E-state index contributed by atoms with van der Waals surface area (Å²) in [6.45, 7) is 11.1.